The maximum atomic E-state index is 5.20. The van der Waals surface area contributed by atoms with Crippen molar-refractivity contribution in [3.8, 4) is 11.3 Å². The number of aryl methyl sites for hydroxylation is 2. The molecule has 0 bridgehead atoms. The van der Waals surface area contributed by atoms with E-state index in [0.717, 1.165) is 31.2 Å². The highest BCUT2D eigenvalue weighted by molar-refractivity contribution is 5.61. The molecule has 1 aromatic carbocycles. The molecule has 3 rings (SSSR count). The van der Waals surface area contributed by atoms with Gasteiger partial charge >= 0.3 is 0 Å². The van der Waals surface area contributed by atoms with Crippen molar-refractivity contribution in [3.63, 3.8) is 0 Å². The van der Waals surface area contributed by atoms with Crippen LogP contribution >= 0.6 is 0 Å². The van der Waals surface area contributed by atoms with Crippen molar-refractivity contribution >= 4 is 0 Å². The molecule has 23 heavy (non-hydrogen) atoms. The predicted molar refractivity (Wildman–Crippen MR) is 94.6 cm³/mol. The summed E-state index contributed by atoms with van der Waals surface area (Å²) < 4.78 is 7.41. The highest BCUT2D eigenvalue weighted by Crippen LogP contribution is 2.29. The second-order valence-electron chi connectivity index (χ2n) is 6.78. The Balaban J connectivity index is 1.76. The van der Waals surface area contributed by atoms with Crippen LogP contribution in [0.5, 0.6) is 0 Å². The molecule has 2 aromatic rings. The molecule has 1 aliphatic carbocycles. The van der Waals surface area contributed by atoms with Crippen LogP contribution in [-0.4, -0.2) is 23.5 Å². The van der Waals surface area contributed by atoms with E-state index in [1.54, 1.807) is 7.11 Å². The number of hydrogen-bond acceptors (Lipinski definition) is 2. The van der Waals surface area contributed by atoms with Gasteiger partial charge in [0.2, 0.25) is 0 Å². The SMILES string of the molecule is COCCc1cccc(-c2cc(C)nn2CCC2CCCC2)c1. The van der Waals surface area contributed by atoms with Crippen LogP contribution in [0.15, 0.2) is 30.3 Å². The fourth-order valence-corrected chi connectivity index (χ4v) is 3.66. The zero-order chi connectivity index (χ0) is 16.1. The lowest BCUT2D eigenvalue weighted by atomic mass is 10.0. The van der Waals surface area contributed by atoms with Crippen LogP contribution in [0.4, 0.5) is 0 Å². The van der Waals surface area contributed by atoms with Crippen LogP contribution in [-0.2, 0) is 17.7 Å². The zero-order valence-corrected chi connectivity index (χ0v) is 14.4. The molecule has 1 aromatic heterocycles. The third-order valence-electron chi connectivity index (χ3n) is 4.94. The van der Waals surface area contributed by atoms with Gasteiger partial charge in [-0.25, -0.2) is 0 Å². The number of benzene rings is 1. The predicted octanol–water partition coefficient (Wildman–Crippen LogP) is 4.63. The molecule has 0 N–H and O–H groups in total. The minimum Gasteiger partial charge on any atom is -0.384 e. The summed E-state index contributed by atoms with van der Waals surface area (Å²) in [6.07, 6.45) is 7.86. The first-order chi connectivity index (χ1) is 11.3. The molecule has 1 fully saturated rings. The van der Waals surface area contributed by atoms with Crippen molar-refractivity contribution < 1.29 is 4.74 Å². The fourth-order valence-electron chi connectivity index (χ4n) is 3.66. The Morgan fingerprint density at radius 3 is 2.83 bits per heavy atom. The van der Waals surface area contributed by atoms with E-state index < -0.39 is 0 Å². The first-order valence-electron chi connectivity index (χ1n) is 8.89. The number of rotatable bonds is 7. The van der Waals surface area contributed by atoms with Crippen molar-refractivity contribution in [2.24, 2.45) is 5.92 Å². The Morgan fingerprint density at radius 2 is 2.04 bits per heavy atom. The average Bonchev–Trinajstić information content (AvgIpc) is 3.20. The highest BCUT2D eigenvalue weighted by Gasteiger charge is 2.16. The summed E-state index contributed by atoms with van der Waals surface area (Å²) in [4.78, 5) is 0. The Kier molecular flexibility index (Phi) is 5.50. The molecule has 3 nitrogen and oxygen atoms in total. The van der Waals surface area contributed by atoms with Gasteiger partial charge in [0.15, 0.2) is 0 Å². The summed E-state index contributed by atoms with van der Waals surface area (Å²) in [5, 5.41) is 4.73. The summed E-state index contributed by atoms with van der Waals surface area (Å²) in [7, 11) is 1.76. The van der Waals surface area contributed by atoms with Crippen molar-refractivity contribution in [3.05, 3.63) is 41.6 Å². The topological polar surface area (TPSA) is 27.1 Å². The number of ether oxygens (including phenoxy) is 1. The van der Waals surface area contributed by atoms with Gasteiger partial charge in [-0.1, -0.05) is 43.9 Å². The van der Waals surface area contributed by atoms with Crippen LogP contribution in [0.25, 0.3) is 11.3 Å². The number of methoxy groups -OCH3 is 1. The largest absolute Gasteiger partial charge is 0.384 e. The van der Waals surface area contributed by atoms with E-state index in [2.05, 4.69) is 41.9 Å². The molecule has 0 amide bonds. The molecule has 0 aliphatic heterocycles. The van der Waals surface area contributed by atoms with Crippen molar-refractivity contribution in [1.29, 1.82) is 0 Å². The average molecular weight is 312 g/mol. The number of nitrogens with zero attached hydrogens (tertiary/aromatic N) is 2. The molecule has 1 aliphatic rings. The zero-order valence-electron chi connectivity index (χ0n) is 14.4. The maximum absolute atomic E-state index is 5.20. The molecule has 1 saturated carbocycles. The third kappa shape index (κ3) is 4.23. The minimum atomic E-state index is 0.767. The minimum absolute atomic E-state index is 0.767. The van der Waals surface area contributed by atoms with Crippen LogP contribution < -0.4 is 0 Å². The molecule has 0 atom stereocenters. The summed E-state index contributed by atoms with van der Waals surface area (Å²) in [6, 6.07) is 11.0. The van der Waals surface area contributed by atoms with E-state index in [1.165, 1.54) is 48.9 Å². The number of aromatic nitrogens is 2. The first kappa shape index (κ1) is 16.3. The van der Waals surface area contributed by atoms with Gasteiger partial charge in [-0.3, -0.25) is 4.68 Å². The van der Waals surface area contributed by atoms with Gasteiger partial charge in [-0.05, 0) is 43.4 Å². The van der Waals surface area contributed by atoms with Gasteiger partial charge in [0.25, 0.3) is 0 Å². The monoisotopic (exact) mass is 312 g/mol. The van der Waals surface area contributed by atoms with E-state index >= 15 is 0 Å². The quantitative estimate of drug-likeness (QED) is 0.745. The molecular formula is C20H28N2O. The smallest absolute Gasteiger partial charge is 0.0685 e. The van der Waals surface area contributed by atoms with Gasteiger partial charge < -0.3 is 4.74 Å². The van der Waals surface area contributed by atoms with E-state index in [1.807, 2.05) is 0 Å². The van der Waals surface area contributed by atoms with Crippen LogP contribution in [0.2, 0.25) is 0 Å². The molecule has 3 heteroatoms. The summed E-state index contributed by atoms with van der Waals surface area (Å²) in [5.74, 6) is 0.903. The van der Waals surface area contributed by atoms with Gasteiger partial charge in [0.05, 0.1) is 18.0 Å². The van der Waals surface area contributed by atoms with Crippen LogP contribution in [0, 0.1) is 12.8 Å². The van der Waals surface area contributed by atoms with Gasteiger partial charge in [0.1, 0.15) is 0 Å². The third-order valence-corrected chi connectivity index (χ3v) is 4.94. The summed E-state index contributed by atoms with van der Waals surface area (Å²) in [5.41, 5.74) is 4.95. The molecule has 0 unspecified atom stereocenters. The fraction of sp³-hybridized carbons (Fsp3) is 0.550. The second kappa shape index (κ2) is 7.78. The Hall–Kier alpha value is -1.61. The van der Waals surface area contributed by atoms with Crippen molar-refractivity contribution in [2.45, 2.75) is 52.0 Å². The standard InChI is InChI=1S/C20H28N2O/c1-16-14-20(19-9-5-8-18(15-19)11-13-23-2)22(21-16)12-10-17-6-3-4-7-17/h5,8-9,14-15,17H,3-4,6-7,10-13H2,1-2H3. The van der Waals surface area contributed by atoms with E-state index in [-0.39, 0.29) is 0 Å². The molecule has 124 valence electrons. The number of hydrogen-bond donors (Lipinski definition) is 0. The molecule has 0 radical (unpaired) electrons. The van der Waals surface area contributed by atoms with Gasteiger partial charge in [-0.2, -0.15) is 5.10 Å². The molecule has 1 heterocycles. The van der Waals surface area contributed by atoms with Gasteiger partial charge in [0, 0.05) is 19.2 Å². The van der Waals surface area contributed by atoms with Crippen LogP contribution in [0.3, 0.4) is 0 Å². The summed E-state index contributed by atoms with van der Waals surface area (Å²) >= 11 is 0. The molecular weight excluding hydrogens is 284 g/mol. The normalized spacial score (nSPS) is 15.4. The molecule has 0 spiro atoms. The van der Waals surface area contributed by atoms with E-state index in [4.69, 9.17) is 9.84 Å². The lowest BCUT2D eigenvalue weighted by molar-refractivity contribution is 0.202. The molecule has 0 saturated heterocycles. The van der Waals surface area contributed by atoms with E-state index in [9.17, 15) is 0 Å². The van der Waals surface area contributed by atoms with Crippen molar-refractivity contribution in [1.82, 2.24) is 9.78 Å². The lowest BCUT2D eigenvalue weighted by Gasteiger charge is -2.12. The van der Waals surface area contributed by atoms with Gasteiger partial charge in [-0.15, -0.1) is 0 Å². The lowest BCUT2D eigenvalue weighted by Crippen LogP contribution is -2.07. The van der Waals surface area contributed by atoms with E-state index in [0.29, 0.717) is 0 Å². The van der Waals surface area contributed by atoms with Crippen molar-refractivity contribution in [2.75, 3.05) is 13.7 Å². The first-order valence-corrected chi connectivity index (χ1v) is 8.89. The maximum Gasteiger partial charge on any atom is 0.0685 e. The summed E-state index contributed by atoms with van der Waals surface area (Å²) in [6.45, 7) is 3.89. The Labute approximate surface area is 139 Å². The second-order valence-corrected chi connectivity index (χ2v) is 6.78. The Morgan fingerprint density at radius 1 is 1.22 bits per heavy atom. The van der Waals surface area contributed by atoms with Crippen LogP contribution in [0.1, 0.15) is 43.4 Å². The highest BCUT2D eigenvalue weighted by atomic mass is 16.5. The Bertz CT molecular complexity index is 626.